The third-order valence-electron chi connectivity index (χ3n) is 5.55. The Hall–Kier alpha value is -3.75. The summed E-state index contributed by atoms with van der Waals surface area (Å²) in [6.45, 7) is 0.0942. The van der Waals surface area contributed by atoms with Gasteiger partial charge in [-0.25, -0.2) is 9.18 Å². The first-order chi connectivity index (χ1) is 16.9. The normalized spacial score (nSPS) is 11.3. The first-order valence-electron chi connectivity index (χ1n) is 10.4. The number of aromatic nitrogens is 1. The molecule has 5 rings (SSSR count). The van der Waals surface area contributed by atoms with Crippen LogP contribution in [0.2, 0.25) is 5.02 Å². The van der Waals surface area contributed by atoms with E-state index in [1.807, 2.05) is 0 Å². The summed E-state index contributed by atoms with van der Waals surface area (Å²) in [7, 11) is 1.50. The van der Waals surface area contributed by atoms with Crippen molar-refractivity contribution >= 4 is 45.2 Å². The largest absolute Gasteiger partial charge is 0.505 e. The molecule has 0 atom stereocenters. The summed E-state index contributed by atoms with van der Waals surface area (Å²) in [6.07, 6.45) is 0. The Balaban J connectivity index is 1.78. The van der Waals surface area contributed by atoms with E-state index in [2.05, 4.69) is 0 Å². The molecule has 0 radical (unpaired) electrons. The van der Waals surface area contributed by atoms with E-state index in [4.69, 9.17) is 20.8 Å². The minimum atomic E-state index is -0.775. The van der Waals surface area contributed by atoms with Crippen molar-refractivity contribution in [2.24, 2.45) is 0 Å². The van der Waals surface area contributed by atoms with Gasteiger partial charge in [-0.2, -0.15) is 0 Å². The molecular formula is C26H17ClFNO5S. The summed E-state index contributed by atoms with van der Waals surface area (Å²) in [6, 6.07) is 17.4. The Morgan fingerprint density at radius 1 is 1.06 bits per heavy atom. The van der Waals surface area contributed by atoms with E-state index < -0.39 is 22.8 Å². The number of fused-ring (bicyclic) bond motifs is 3. The zero-order valence-electron chi connectivity index (χ0n) is 18.2. The molecule has 0 bridgehead atoms. The predicted molar refractivity (Wildman–Crippen MR) is 134 cm³/mol. The fourth-order valence-electron chi connectivity index (χ4n) is 3.83. The van der Waals surface area contributed by atoms with Gasteiger partial charge in [0, 0.05) is 21.4 Å². The number of pyridine rings is 1. The van der Waals surface area contributed by atoms with Gasteiger partial charge in [0.25, 0.3) is 5.56 Å². The quantitative estimate of drug-likeness (QED) is 0.301. The van der Waals surface area contributed by atoms with Crippen LogP contribution in [-0.2, 0) is 6.54 Å². The number of benzene rings is 3. The molecule has 0 saturated carbocycles. The molecule has 1 N–H and O–H groups in total. The molecular weight excluding hydrogens is 493 g/mol. The van der Waals surface area contributed by atoms with Crippen LogP contribution in [0.3, 0.4) is 0 Å². The lowest BCUT2D eigenvalue weighted by Gasteiger charge is -2.15. The molecule has 0 aliphatic carbocycles. The van der Waals surface area contributed by atoms with Crippen LogP contribution in [0, 0.1) is 5.82 Å². The van der Waals surface area contributed by atoms with E-state index in [-0.39, 0.29) is 22.4 Å². The number of hydrogen-bond acceptors (Lipinski definition) is 6. The molecule has 0 spiro atoms. The Morgan fingerprint density at radius 3 is 2.46 bits per heavy atom. The van der Waals surface area contributed by atoms with Gasteiger partial charge in [-0.15, -0.1) is 0 Å². The Kier molecular flexibility index (Phi) is 6.00. The SMILES string of the molecule is COc1ccc2c3oc(=O)c(Sc4ccc(Cl)cc4)c(O)c3c(=O)n(Cc3ccc(F)cc3)c2c1. The first-order valence-corrected chi connectivity index (χ1v) is 11.6. The van der Waals surface area contributed by atoms with Gasteiger partial charge >= 0.3 is 5.63 Å². The van der Waals surface area contributed by atoms with E-state index >= 15 is 0 Å². The van der Waals surface area contributed by atoms with E-state index in [1.54, 1.807) is 54.6 Å². The number of nitrogens with zero attached hydrogens (tertiary/aromatic N) is 1. The molecule has 0 aliphatic rings. The van der Waals surface area contributed by atoms with Crippen molar-refractivity contribution in [3.63, 3.8) is 0 Å². The van der Waals surface area contributed by atoms with Gasteiger partial charge in [0.1, 0.15) is 21.8 Å². The highest BCUT2D eigenvalue weighted by Crippen LogP contribution is 2.38. The summed E-state index contributed by atoms with van der Waals surface area (Å²) in [4.78, 5) is 27.1. The molecule has 2 heterocycles. The van der Waals surface area contributed by atoms with E-state index in [0.717, 1.165) is 11.8 Å². The molecule has 0 unspecified atom stereocenters. The maximum atomic E-state index is 13.7. The van der Waals surface area contributed by atoms with Crippen molar-refractivity contribution in [3.05, 3.63) is 104 Å². The Morgan fingerprint density at radius 2 is 1.77 bits per heavy atom. The van der Waals surface area contributed by atoms with Crippen molar-refractivity contribution in [3.8, 4) is 11.5 Å². The molecule has 9 heteroatoms. The summed E-state index contributed by atoms with van der Waals surface area (Å²) < 4.78 is 25.8. The molecule has 2 aromatic heterocycles. The summed E-state index contributed by atoms with van der Waals surface area (Å²) in [5, 5.41) is 12.0. The Labute approximate surface area is 207 Å². The van der Waals surface area contributed by atoms with Crippen molar-refractivity contribution in [1.29, 1.82) is 0 Å². The number of methoxy groups -OCH3 is 1. The standard InChI is InChI=1S/C26H17ClFNO5S/c1-33-17-8-11-19-20(12-17)29(13-14-2-6-16(28)7-3-14)25(31)21-22(30)24(26(32)34-23(19)21)35-18-9-4-15(27)5-10-18/h2-12,30H,13H2,1H3. The maximum absolute atomic E-state index is 13.7. The molecule has 5 aromatic rings. The van der Waals surface area contributed by atoms with Gasteiger partial charge in [0.05, 0.1) is 19.2 Å². The molecule has 176 valence electrons. The van der Waals surface area contributed by atoms with Crippen LogP contribution in [0.5, 0.6) is 11.5 Å². The maximum Gasteiger partial charge on any atom is 0.354 e. The molecule has 0 amide bonds. The topological polar surface area (TPSA) is 81.7 Å². The minimum Gasteiger partial charge on any atom is -0.505 e. The van der Waals surface area contributed by atoms with Crippen LogP contribution in [0.4, 0.5) is 4.39 Å². The summed E-state index contributed by atoms with van der Waals surface area (Å²) in [5.74, 6) is -0.369. The van der Waals surface area contributed by atoms with Gasteiger partial charge in [-0.1, -0.05) is 35.5 Å². The van der Waals surface area contributed by atoms with Crippen LogP contribution >= 0.6 is 23.4 Å². The van der Waals surface area contributed by atoms with Crippen LogP contribution in [0.25, 0.3) is 21.9 Å². The lowest BCUT2D eigenvalue weighted by Crippen LogP contribution is -2.23. The fourth-order valence-corrected chi connectivity index (χ4v) is 4.79. The van der Waals surface area contributed by atoms with Crippen molar-refractivity contribution in [1.82, 2.24) is 4.57 Å². The van der Waals surface area contributed by atoms with E-state index in [1.165, 1.54) is 23.8 Å². The smallest absolute Gasteiger partial charge is 0.354 e. The summed E-state index contributed by atoms with van der Waals surface area (Å²) in [5.41, 5.74) is -0.255. The second-order valence-corrected chi connectivity index (χ2v) is 9.25. The van der Waals surface area contributed by atoms with Crippen molar-refractivity contribution in [2.45, 2.75) is 16.3 Å². The molecule has 0 fully saturated rings. The lowest BCUT2D eigenvalue weighted by molar-refractivity contribution is 0.415. The highest BCUT2D eigenvalue weighted by molar-refractivity contribution is 7.99. The minimum absolute atomic E-state index is 0.0223. The van der Waals surface area contributed by atoms with Gasteiger partial charge in [0.15, 0.2) is 11.3 Å². The number of rotatable bonds is 5. The average Bonchev–Trinajstić information content (AvgIpc) is 2.86. The average molecular weight is 510 g/mol. The Bertz CT molecular complexity index is 1700. The number of aromatic hydroxyl groups is 1. The van der Waals surface area contributed by atoms with E-state index in [0.29, 0.717) is 32.1 Å². The third kappa shape index (κ3) is 4.26. The zero-order valence-corrected chi connectivity index (χ0v) is 19.8. The third-order valence-corrected chi connectivity index (χ3v) is 6.87. The second kappa shape index (κ2) is 9.13. The monoisotopic (exact) mass is 509 g/mol. The van der Waals surface area contributed by atoms with Crippen molar-refractivity contribution in [2.75, 3.05) is 7.11 Å². The molecule has 35 heavy (non-hydrogen) atoms. The number of halogens is 2. The molecule has 0 saturated heterocycles. The number of ether oxygens (including phenoxy) is 1. The van der Waals surface area contributed by atoms with Gasteiger partial charge in [0.2, 0.25) is 0 Å². The van der Waals surface area contributed by atoms with Crippen LogP contribution in [0.15, 0.2) is 90.5 Å². The van der Waals surface area contributed by atoms with Crippen LogP contribution < -0.4 is 15.9 Å². The van der Waals surface area contributed by atoms with Crippen LogP contribution in [0.1, 0.15) is 5.56 Å². The lowest BCUT2D eigenvalue weighted by atomic mass is 10.1. The number of hydrogen-bond donors (Lipinski definition) is 1. The second-order valence-electron chi connectivity index (χ2n) is 7.73. The zero-order chi connectivity index (χ0) is 24.7. The highest BCUT2D eigenvalue weighted by atomic mass is 35.5. The van der Waals surface area contributed by atoms with Crippen LogP contribution in [-0.4, -0.2) is 16.8 Å². The highest BCUT2D eigenvalue weighted by Gasteiger charge is 2.23. The summed E-state index contributed by atoms with van der Waals surface area (Å²) >= 11 is 6.90. The van der Waals surface area contributed by atoms with E-state index in [9.17, 15) is 19.1 Å². The molecule has 6 nitrogen and oxygen atoms in total. The van der Waals surface area contributed by atoms with Gasteiger partial charge < -0.3 is 18.8 Å². The van der Waals surface area contributed by atoms with Gasteiger partial charge in [-0.3, -0.25) is 4.79 Å². The van der Waals surface area contributed by atoms with Gasteiger partial charge in [-0.05, 0) is 54.1 Å². The fraction of sp³-hybridized carbons (Fsp3) is 0.0769. The predicted octanol–water partition coefficient (Wildman–Crippen LogP) is 5.81. The molecule has 3 aromatic carbocycles. The first kappa shape index (κ1) is 23.0. The molecule has 0 aliphatic heterocycles. The van der Waals surface area contributed by atoms with Crippen molar-refractivity contribution < 1.29 is 18.7 Å².